The van der Waals surface area contributed by atoms with Crippen LogP contribution in [0.3, 0.4) is 0 Å². The highest BCUT2D eigenvalue weighted by molar-refractivity contribution is 8.00. The maximum Gasteiger partial charge on any atom is 0.229 e. The maximum absolute atomic E-state index is 12.5. The van der Waals surface area contributed by atoms with Gasteiger partial charge in [-0.05, 0) is 25.0 Å². The van der Waals surface area contributed by atoms with Crippen LogP contribution < -0.4 is 4.90 Å². The van der Waals surface area contributed by atoms with E-state index in [4.69, 9.17) is 0 Å². The fourth-order valence-corrected chi connectivity index (χ4v) is 3.27. The third-order valence-corrected chi connectivity index (χ3v) is 4.78. The summed E-state index contributed by atoms with van der Waals surface area (Å²) in [4.78, 5) is 15.7. The number of benzene rings is 1. The quantitative estimate of drug-likeness (QED) is 0.805. The van der Waals surface area contributed by atoms with Crippen molar-refractivity contribution in [2.45, 2.75) is 43.8 Å². The van der Waals surface area contributed by atoms with Crippen LogP contribution in [0.25, 0.3) is 0 Å². The average Bonchev–Trinajstić information content (AvgIpc) is 2.55. The van der Waals surface area contributed by atoms with E-state index >= 15 is 0 Å². The predicted octanol–water partition coefficient (Wildman–Crippen LogP) is 3.95. The molecule has 1 aliphatic heterocycles. The zero-order valence-electron chi connectivity index (χ0n) is 11.3. The van der Waals surface area contributed by atoms with Crippen molar-refractivity contribution in [3.63, 3.8) is 0 Å². The van der Waals surface area contributed by atoms with Gasteiger partial charge in [-0.3, -0.25) is 4.79 Å². The van der Waals surface area contributed by atoms with Crippen LogP contribution in [0.1, 0.15) is 33.6 Å². The number of amides is 1. The summed E-state index contributed by atoms with van der Waals surface area (Å²) >= 11 is 1.88. The molecule has 2 unspecified atom stereocenters. The third kappa shape index (κ3) is 2.72. The Balaban J connectivity index is 2.34. The predicted molar refractivity (Wildman–Crippen MR) is 78.2 cm³/mol. The Morgan fingerprint density at radius 3 is 2.94 bits per heavy atom. The second kappa shape index (κ2) is 5.79. The van der Waals surface area contributed by atoms with E-state index in [0.717, 1.165) is 25.1 Å². The average molecular weight is 263 g/mol. The molecule has 0 N–H and O–H groups in total. The van der Waals surface area contributed by atoms with Gasteiger partial charge >= 0.3 is 0 Å². The molecule has 0 aliphatic carbocycles. The zero-order valence-corrected chi connectivity index (χ0v) is 12.2. The SMILES string of the molecule is CCC(C)C(=O)N1CCC(C)Sc2ccccc21. The van der Waals surface area contributed by atoms with E-state index in [0.29, 0.717) is 5.25 Å². The lowest BCUT2D eigenvalue weighted by Gasteiger charge is -2.25. The number of carbonyl (C=O) groups excluding carboxylic acids is 1. The fraction of sp³-hybridized carbons (Fsp3) is 0.533. The summed E-state index contributed by atoms with van der Waals surface area (Å²) in [5, 5.41) is 0.570. The van der Waals surface area contributed by atoms with Crippen LogP contribution in [0, 0.1) is 5.92 Å². The summed E-state index contributed by atoms with van der Waals surface area (Å²) in [5.74, 6) is 0.371. The summed E-state index contributed by atoms with van der Waals surface area (Å²) in [6.45, 7) is 7.17. The summed E-state index contributed by atoms with van der Waals surface area (Å²) in [7, 11) is 0. The van der Waals surface area contributed by atoms with Gasteiger partial charge in [0.2, 0.25) is 5.91 Å². The molecular formula is C15H21NOS. The molecule has 1 heterocycles. The zero-order chi connectivity index (χ0) is 13.1. The highest BCUT2D eigenvalue weighted by Crippen LogP contribution is 2.37. The molecule has 0 spiro atoms. The molecule has 0 fully saturated rings. The molecule has 2 atom stereocenters. The van der Waals surface area contributed by atoms with Gasteiger partial charge < -0.3 is 4.90 Å². The molecule has 0 saturated carbocycles. The molecule has 0 saturated heterocycles. The van der Waals surface area contributed by atoms with Gasteiger partial charge in [0.15, 0.2) is 0 Å². The summed E-state index contributed by atoms with van der Waals surface area (Å²) in [6.07, 6.45) is 1.96. The van der Waals surface area contributed by atoms with Crippen molar-refractivity contribution in [2.75, 3.05) is 11.4 Å². The van der Waals surface area contributed by atoms with E-state index in [1.807, 2.05) is 29.7 Å². The number of fused-ring (bicyclic) bond motifs is 1. The van der Waals surface area contributed by atoms with E-state index in [-0.39, 0.29) is 11.8 Å². The lowest BCUT2D eigenvalue weighted by molar-refractivity contribution is -0.122. The Morgan fingerprint density at radius 2 is 2.22 bits per heavy atom. The third-order valence-electron chi connectivity index (χ3n) is 3.54. The van der Waals surface area contributed by atoms with Gasteiger partial charge in [-0.2, -0.15) is 0 Å². The lowest BCUT2D eigenvalue weighted by atomic mass is 10.1. The second-order valence-corrected chi connectivity index (χ2v) is 6.46. The summed E-state index contributed by atoms with van der Waals surface area (Å²) < 4.78 is 0. The molecule has 1 aromatic rings. The standard InChI is InChI=1S/C15H21NOS/c1-4-11(2)15(17)16-10-9-12(3)18-14-8-6-5-7-13(14)16/h5-8,11-12H,4,9-10H2,1-3H3. The van der Waals surface area contributed by atoms with Gasteiger partial charge in [0.05, 0.1) is 5.69 Å². The highest BCUT2D eigenvalue weighted by Gasteiger charge is 2.26. The normalized spacial score (nSPS) is 21.1. The van der Waals surface area contributed by atoms with Gasteiger partial charge in [0.25, 0.3) is 0 Å². The second-order valence-electron chi connectivity index (χ2n) is 4.98. The molecule has 0 bridgehead atoms. The van der Waals surface area contributed by atoms with Crippen LogP contribution in [-0.2, 0) is 4.79 Å². The van der Waals surface area contributed by atoms with E-state index in [2.05, 4.69) is 32.0 Å². The number of anilines is 1. The van der Waals surface area contributed by atoms with E-state index < -0.39 is 0 Å². The molecule has 0 aromatic heterocycles. The van der Waals surface area contributed by atoms with Crippen molar-refractivity contribution in [2.24, 2.45) is 5.92 Å². The summed E-state index contributed by atoms with van der Waals surface area (Å²) in [5.41, 5.74) is 1.09. The molecule has 3 heteroatoms. The number of carbonyl (C=O) groups is 1. The molecule has 2 rings (SSSR count). The topological polar surface area (TPSA) is 20.3 Å². The number of hydrogen-bond donors (Lipinski definition) is 0. The monoisotopic (exact) mass is 263 g/mol. The Bertz CT molecular complexity index is 432. The van der Waals surface area contributed by atoms with Crippen molar-refractivity contribution in [3.05, 3.63) is 24.3 Å². The van der Waals surface area contributed by atoms with Crippen LogP contribution in [-0.4, -0.2) is 17.7 Å². The minimum Gasteiger partial charge on any atom is -0.311 e. The number of thioether (sulfide) groups is 1. The van der Waals surface area contributed by atoms with Gasteiger partial charge in [0, 0.05) is 22.6 Å². The van der Waals surface area contributed by atoms with Crippen LogP contribution in [0.4, 0.5) is 5.69 Å². The van der Waals surface area contributed by atoms with Gasteiger partial charge in [-0.25, -0.2) is 0 Å². The highest BCUT2D eigenvalue weighted by atomic mass is 32.2. The molecular weight excluding hydrogens is 242 g/mol. The van der Waals surface area contributed by atoms with E-state index in [1.54, 1.807) is 0 Å². The minimum atomic E-state index is 0.108. The Morgan fingerprint density at radius 1 is 1.50 bits per heavy atom. The first-order valence-electron chi connectivity index (χ1n) is 6.70. The number of para-hydroxylation sites is 1. The smallest absolute Gasteiger partial charge is 0.229 e. The van der Waals surface area contributed by atoms with Crippen molar-refractivity contribution < 1.29 is 4.79 Å². The van der Waals surface area contributed by atoms with Crippen LogP contribution in [0.5, 0.6) is 0 Å². The Hall–Kier alpha value is -0.960. The van der Waals surface area contributed by atoms with Gasteiger partial charge in [-0.1, -0.05) is 32.9 Å². The molecule has 18 heavy (non-hydrogen) atoms. The largest absolute Gasteiger partial charge is 0.311 e. The Labute approximate surface area is 114 Å². The van der Waals surface area contributed by atoms with E-state index in [9.17, 15) is 4.79 Å². The first-order valence-corrected chi connectivity index (χ1v) is 7.58. The molecule has 0 radical (unpaired) electrons. The fourth-order valence-electron chi connectivity index (χ4n) is 2.16. The molecule has 98 valence electrons. The van der Waals surface area contributed by atoms with Crippen molar-refractivity contribution in [3.8, 4) is 0 Å². The Kier molecular flexibility index (Phi) is 4.33. The van der Waals surface area contributed by atoms with Gasteiger partial charge in [-0.15, -0.1) is 11.8 Å². The van der Waals surface area contributed by atoms with Crippen LogP contribution in [0.2, 0.25) is 0 Å². The minimum absolute atomic E-state index is 0.108. The van der Waals surface area contributed by atoms with Crippen molar-refractivity contribution >= 4 is 23.4 Å². The van der Waals surface area contributed by atoms with E-state index in [1.165, 1.54) is 4.90 Å². The molecule has 1 aliphatic rings. The molecule has 2 nitrogen and oxygen atoms in total. The van der Waals surface area contributed by atoms with Crippen molar-refractivity contribution in [1.82, 2.24) is 0 Å². The number of nitrogens with zero attached hydrogens (tertiary/aromatic N) is 1. The molecule has 1 amide bonds. The molecule has 1 aromatic carbocycles. The summed E-state index contributed by atoms with van der Waals surface area (Å²) in [6, 6.07) is 8.27. The number of hydrogen-bond acceptors (Lipinski definition) is 2. The first kappa shape index (κ1) is 13.5. The first-order chi connectivity index (χ1) is 8.63. The van der Waals surface area contributed by atoms with Crippen LogP contribution >= 0.6 is 11.8 Å². The van der Waals surface area contributed by atoms with Gasteiger partial charge in [0.1, 0.15) is 0 Å². The number of rotatable bonds is 2. The lowest BCUT2D eigenvalue weighted by Crippen LogP contribution is -2.36. The van der Waals surface area contributed by atoms with Crippen molar-refractivity contribution in [1.29, 1.82) is 0 Å². The maximum atomic E-state index is 12.5. The van der Waals surface area contributed by atoms with Crippen LogP contribution in [0.15, 0.2) is 29.2 Å².